The number of carbonyl (C=O) groups is 4. The zero-order valence-electron chi connectivity index (χ0n) is 9.36. The van der Waals surface area contributed by atoms with Crippen LogP contribution in [0.5, 0.6) is 0 Å². The van der Waals surface area contributed by atoms with Crippen LogP contribution in [0.3, 0.4) is 0 Å². The molecule has 0 aliphatic heterocycles. The van der Waals surface area contributed by atoms with Gasteiger partial charge >= 0.3 is 18.6 Å². The molecular formula is C8H8O10V. The van der Waals surface area contributed by atoms with Gasteiger partial charge in [0.15, 0.2) is 0 Å². The molecule has 105 valence electrons. The van der Waals surface area contributed by atoms with Crippen molar-refractivity contribution in [3.05, 3.63) is 0 Å². The Bertz CT molecular complexity index is 244. The molecule has 0 heterocycles. The second-order valence-corrected chi connectivity index (χ2v) is 2.47. The van der Waals surface area contributed by atoms with Gasteiger partial charge in [-0.15, -0.1) is 0 Å². The fraction of sp³-hybridized carbons (Fsp3) is 0.500. The van der Waals surface area contributed by atoms with Crippen LogP contribution in [0.1, 0.15) is 0 Å². The molecule has 11 heteroatoms. The Labute approximate surface area is 118 Å². The number of aliphatic carboxylic acids is 4. The molecule has 10 nitrogen and oxygen atoms in total. The first-order chi connectivity index (χ1) is 8.25. The van der Waals surface area contributed by atoms with Crippen LogP contribution in [-0.2, 0) is 47.2 Å². The summed E-state index contributed by atoms with van der Waals surface area (Å²) in [5, 5.41) is 38.1. The molecule has 0 saturated carbocycles. The predicted molar refractivity (Wildman–Crippen MR) is 41.7 cm³/mol. The van der Waals surface area contributed by atoms with Crippen LogP contribution >= 0.6 is 0 Å². The number of ether oxygens (including phenoxy) is 2. The number of rotatable bonds is 8. The van der Waals surface area contributed by atoms with Gasteiger partial charge in [0.1, 0.15) is 0 Å². The van der Waals surface area contributed by atoms with E-state index in [9.17, 15) is 39.6 Å². The molecule has 19 heavy (non-hydrogen) atoms. The van der Waals surface area contributed by atoms with E-state index < -0.39 is 50.3 Å². The standard InChI is InChI=1S/2C4H6O5.V/c2*5-3(6)1-9-2-4(7)8;/h2*1-2H2,(H,5,6)(H,7,8);/q;;+4/p-4. The first-order valence-corrected chi connectivity index (χ1v) is 4.20. The monoisotopic (exact) mass is 315 g/mol. The Morgan fingerprint density at radius 2 is 0.737 bits per heavy atom. The van der Waals surface area contributed by atoms with Gasteiger partial charge in [-0.3, -0.25) is 0 Å². The first-order valence-electron chi connectivity index (χ1n) is 4.20. The molecule has 0 aliphatic carbocycles. The van der Waals surface area contributed by atoms with Crippen molar-refractivity contribution in [3.8, 4) is 0 Å². The summed E-state index contributed by atoms with van der Waals surface area (Å²) >= 11 is 0. The molecule has 0 aromatic rings. The Morgan fingerprint density at radius 1 is 0.579 bits per heavy atom. The summed E-state index contributed by atoms with van der Waals surface area (Å²) in [4.78, 5) is 38.1. The summed E-state index contributed by atoms with van der Waals surface area (Å²) in [6.07, 6.45) is 0. The molecule has 0 bridgehead atoms. The van der Waals surface area contributed by atoms with Gasteiger partial charge in [-0.05, 0) is 0 Å². The Hall–Kier alpha value is -1.62. The van der Waals surface area contributed by atoms with Gasteiger partial charge < -0.3 is 49.1 Å². The maximum atomic E-state index is 9.53. The third kappa shape index (κ3) is 31.4. The van der Waals surface area contributed by atoms with Gasteiger partial charge in [0.2, 0.25) is 0 Å². The number of hydrogen-bond donors (Lipinski definition) is 0. The third-order valence-corrected chi connectivity index (χ3v) is 0.880. The summed E-state index contributed by atoms with van der Waals surface area (Å²) < 4.78 is 8.06. The fourth-order valence-corrected chi connectivity index (χ4v) is 0.435. The van der Waals surface area contributed by atoms with Crippen LogP contribution in [0, 0.1) is 0 Å². The van der Waals surface area contributed by atoms with Crippen molar-refractivity contribution in [2.75, 3.05) is 26.4 Å². The van der Waals surface area contributed by atoms with Crippen LogP contribution in [0.25, 0.3) is 0 Å². The quantitative estimate of drug-likeness (QED) is 0.417. The number of carbonyl (C=O) groups excluding carboxylic acids is 4. The molecule has 0 N–H and O–H groups in total. The summed E-state index contributed by atoms with van der Waals surface area (Å²) in [6.45, 7) is -2.86. The van der Waals surface area contributed by atoms with Crippen LogP contribution in [0.2, 0.25) is 0 Å². The van der Waals surface area contributed by atoms with E-state index in [0.717, 1.165) is 0 Å². The summed E-state index contributed by atoms with van der Waals surface area (Å²) in [7, 11) is 0. The molecule has 0 saturated heterocycles. The van der Waals surface area contributed by atoms with Crippen molar-refractivity contribution >= 4 is 23.9 Å². The molecule has 0 aliphatic rings. The van der Waals surface area contributed by atoms with E-state index in [2.05, 4.69) is 9.47 Å². The van der Waals surface area contributed by atoms with E-state index in [1.54, 1.807) is 0 Å². The maximum Gasteiger partial charge on any atom is 4.00 e. The molecule has 0 atom stereocenters. The average molecular weight is 315 g/mol. The van der Waals surface area contributed by atoms with Crippen molar-refractivity contribution in [1.29, 1.82) is 0 Å². The normalized spacial score (nSPS) is 8.42. The Balaban J connectivity index is -0.000000256. The van der Waals surface area contributed by atoms with E-state index in [1.165, 1.54) is 0 Å². The minimum atomic E-state index is -1.45. The van der Waals surface area contributed by atoms with Gasteiger partial charge in [-0.25, -0.2) is 0 Å². The summed E-state index contributed by atoms with van der Waals surface area (Å²) in [6, 6.07) is 0. The van der Waals surface area contributed by atoms with Crippen molar-refractivity contribution in [2.45, 2.75) is 0 Å². The fourth-order valence-electron chi connectivity index (χ4n) is 0.435. The topological polar surface area (TPSA) is 179 Å². The first kappa shape index (κ1) is 22.6. The maximum absolute atomic E-state index is 9.53. The van der Waals surface area contributed by atoms with E-state index in [0.29, 0.717) is 0 Å². The molecule has 0 rings (SSSR count). The minimum Gasteiger partial charge on any atom is -0.548 e. The smallest absolute Gasteiger partial charge is 0.548 e. The largest absolute Gasteiger partial charge is 4.00 e. The van der Waals surface area contributed by atoms with Gasteiger partial charge in [0, 0.05) is 0 Å². The number of carboxylic acid groups (broad SMARTS) is 4. The molecule has 0 unspecified atom stereocenters. The molecule has 0 fully saturated rings. The van der Waals surface area contributed by atoms with E-state index in [1.807, 2.05) is 0 Å². The van der Waals surface area contributed by atoms with Gasteiger partial charge in [-0.1, -0.05) is 0 Å². The molecule has 0 aromatic heterocycles. The zero-order valence-corrected chi connectivity index (χ0v) is 10.8. The molecule has 0 amide bonds. The third-order valence-electron chi connectivity index (χ3n) is 0.880. The molecule has 0 aromatic carbocycles. The van der Waals surface area contributed by atoms with Gasteiger partial charge in [-0.2, -0.15) is 0 Å². The SMILES string of the molecule is O=C([O-])COCC(=O)[O-].O=C([O-])COCC(=O)[O-].[V+4]. The van der Waals surface area contributed by atoms with E-state index in [-0.39, 0.29) is 18.6 Å². The zero-order chi connectivity index (χ0) is 14.6. The Morgan fingerprint density at radius 3 is 0.842 bits per heavy atom. The van der Waals surface area contributed by atoms with E-state index >= 15 is 0 Å². The van der Waals surface area contributed by atoms with Crippen LogP contribution < -0.4 is 20.4 Å². The van der Waals surface area contributed by atoms with E-state index in [4.69, 9.17) is 0 Å². The molecular weight excluding hydrogens is 307 g/mol. The van der Waals surface area contributed by atoms with Crippen molar-refractivity contribution in [2.24, 2.45) is 0 Å². The molecule has 0 spiro atoms. The van der Waals surface area contributed by atoms with Gasteiger partial charge in [0.25, 0.3) is 0 Å². The predicted octanol–water partition coefficient (Wildman–Crippen LogP) is -7.00. The number of hydrogen-bond acceptors (Lipinski definition) is 10. The Kier molecular flexibility index (Phi) is 17.1. The summed E-state index contributed by atoms with van der Waals surface area (Å²) in [5.74, 6) is -5.79. The second kappa shape index (κ2) is 14.4. The van der Waals surface area contributed by atoms with Crippen LogP contribution in [0.4, 0.5) is 0 Å². The van der Waals surface area contributed by atoms with Crippen LogP contribution in [-0.4, -0.2) is 50.3 Å². The van der Waals surface area contributed by atoms with Crippen LogP contribution in [0.15, 0.2) is 0 Å². The summed E-state index contributed by atoms with van der Waals surface area (Å²) in [5.41, 5.74) is 0. The van der Waals surface area contributed by atoms with Crippen molar-refractivity contribution < 1.29 is 67.6 Å². The number of carboxylic acids is 4. The minimum absolute atomic E-state index is 0. The van der Waals surface area contributed by atoms with Crippen molar-refractivity contribution in [3.63, 3.8) is 0 Å². The molecule has 1 radical (unpaired) electrons. The van der Waals surface area contributed by atoms with Crippen molar-refractivity contribution in [1.82, 2.24) is 0 Å². The van der Waals surface area contributed by atoms with Gasteiger partial charge in [0.05, 0.1) is 50.3 Å². The average Bonchev–Trinajstić information content (AvgIpc) is 2.15. The second-order valence-electron chi connectivity index (χ2n) is 2.47.